The van der Waals surface area contributed by atoms with E-state index in [1.165, 1.54) is 6.42 Å². The van der Waals surface area contributed by atoms with Crippen LogP contribution in [0.3, 0.4) is 0 Å². The average Bonchev–Trinajstić information content (AvgIpc) is 2.48. The number of methoxy groups -OCH3 is 1. The fraction of sp³-hybridized carbons (Fsp3) is 0.533. The summed E-state index contributed by atoms with van der Waals surface area (Å²) in [4.78, 5) is 14.1. The fourth-order valence-electron chi connectivity index (χ4n) is 2.41. The Morgan fingerprint density at radius 2 is 2.05 bits per heavy atom. The third-order valence-corrected chi connectivity index (χ3v) is 3.56. The predicted molar refractivity (Wildman–Crippen MR) is 82.4 cm³/mol. The van der Waals surface area contributed by atoms with Gasteiger partial charge in [-0.15, -0.1) is 12.4 Å². The maximum Gasteiger partial charge on any atom is 0.239 e. The molecule has 4 nitrogen and oxygen atoms in total. The average molecular weight is 299 g/mol. The quantitative estimate of drug-likeness (QED) is 0.927. The molecule has 2 rings (SSSR count). The van der Waals surface area contributed by atoms with Gasteiger partial charge in [-0.2, -0.15) is 0 Å². The zero-order valence-electron chi connectivity index (χ0n) is 12.1. The molecule has 5 heteroatoms. The predicted octanol–water partition coefficient (Wildman–Crippen LogP) is 2.22. The summed E-state index contributed by atoms with van der Waals surface area (Å²) in [5.41, 5.74) is 1.12. The van der Waals surface area contributed by atoms with Gasteiger partial charge >= 0.3 is 0 Å². The number of carbonyl (C=O) groups excluding carboxylic acids is 1. The monoisotopic (exact) mass is 298 g/mol. The van der Waals surface area contributed by atoms with E-state index in [-0.39, 0.29) is 24.4 Å². The lowest BCUT2D eigenvalue weighted by Gasteiger charge is -2.27. The van der Waals surface area contributed by atoms with E-state index >= 15 is 0 Å². The summed E-state index contributed by atoms with van der Waals surface area (Å²) in [6.45, 7) is 1.59. The highest BCUT2D eigenvalue weighted by Crippen LogP contribution is 2.14. The smallest absolute Gasteiger partial charge is 0.239 e. The third kappa shape index (κ3) is 4.39. The van der Waals surface area contributed by atoms with Gasteiger partial charge in [0.2, 0.25) is 5.91 Å². The Bertz CT molecular complexity index is 416. The van der Waals surface area contributed by atoms with Gasteiger partial charge in [-0.3, -0.25) is 4.79 Å². The Balaban J connectivity index is 0.00000200. The first-order chi connectivity index (χ1) is 9.20. The van der Waals surface area contributed by atoms with E-state index < -0.39 is 0 Å². The zero-order valence-corrected chi connectivity index (χ0v) is 12.9. The second-order valence-electron chi connectivity index (χ2n) is 5.04. The van der Waals surface area contributed by atoms with Crippen LogP contribution in [0, 0.1) is 0 Å². The number of amides is 1. The number of ether oxygens (including phenoxy) is 1. The highest BCUT2D eigenvalue weighted by Gasteiger charge is 2.23. The van der Waals surface area contributed by atoms with Gasteiger partial charge < -0.3 is 15.0 Å². The molecule has 0 spiro atoms. The Morgan fingerprint density at radius 1 is 1.35 bits per heavy atom. The van der Waals surface area contributed by atoms with Gasteiger partial charge in [-0.1, -0.05) is 18.6 Å². The summed E-state index contributed by atoms with van der Waals surface area (Å²) in [5, 5.41) is 3.29. The van der Waals surface area contributed by atoms with Crippen LogP contribution >= 0.6 is 12.4 Å². The number of hydrogen-bond donors (Lipinski definition) is 1. The number of piperidine rings is 1. The topological polar surface area (TPSA) is 41.6 Å². The van der Waals surface area contributed by atoms with Crippen LogP contribution in [-0.4, -0.2) is 37.6 Å². The van der Waals surface area contributed by atoms with Crippen molar-refractivity contribution in [2.45, 2.75) is 31.8 Å². The van der Waals surface area contributed by atoms with E-state index in [0.29, 0.717) is 6.54 Å². The van der Waals surface area contributed by atoms with Crippen molar-refractivity contribution in [2.24, 2.45) is 0 Å². The van der Waals surface area contributed by atoms with E-state index in [2.05, 4.69) is 5.32 Å². The van der Waals surface area contributed by atoms with Crippen LogP contribution < -0.4 is 10.1 Å². The molecule has 0 aromatic heterocycles. The molecule has 1 fully saturated rings. The molecule has 112 valence electrons. The number of hydrogen-bond acceptors (Lipinski definition) is 3. The largest absolute Gasteiger partial charge is 0.497 e. The molecule has 1 atom stereocenters. The summed E-state index contributed by atoms with van der Waals surface area (Å²) >= 11 is 0. The van der Waals surface area contributed by atoms with Gasteiger partial charge in [0.1, 0.15) is 5.75 Å². The molecule has 1 aromatic carbocycles. The van der Waals surface area contributed by atoms with E-state index in [0.717, 1.165) is 30.7 Å². The van der Waals surface area contributed by atoms with E-state index in [1.807, 2.05) is 31.3 Å². The number of benzene rings is 1. The van der Waals surface area contributed by atoms with Gasteiger partial charge in [-0.05, 0) is 37.1 Å². The Hall–Kier alpha value is -1.26. The van der Waals surface area contributed by atoms with Crippen LogP contribution in [0.25, 0.3) is 0 Å². The van der Waals surface area contributed by atoms with Gasteiger partial charge in [0.15, 0.2) is 0 Å². The second kappa shape index (κ2) is 8.12. The number of halogens is 1. The number of nitrogens with zero attached hydrogens (tertiary/aromatic N) is 1. The number of nitrogens with one attached hydrogen (secondary N) is 1. The molecule has 1 aliphatic rings. The van der Waals surface area contributed by atoms with Crippen LogP contribution in [-0.2, 0) is 11.3 Å². The third-order valence-electron chi connectivity index (χ3n) is 3.56. The van der Waals surface area contributed by atoms with Gasteiger partial charge in [-0.25, -0.2) is 0 Å². The molecular formula is C15H23ClN2O2. The van der Waals surface area contributed by atoms with Crippen LogP contribution in [0.2, 0.25) is 0 Å². The van der Waals surface area contributed by atoms with Crippen LogP contribution in [0.4, 0.5) is 0 Å². The van der Waals surface area contributed by atoms with E-state index in [4.69, 9.17) is 4.74 Å². The lowest BCUT2D eigenvalue weighted by molar-refractivity contribution is -0.133. The highest BCUT2D eigenvalue weighted by molar-refractivity contribution is 5.85. The van der Waals surface area contributed by atoms with Crippen molar-refractivity contribution >= 4 is 18.3 Å². The minimum atomic E-state index is -0.00278. The first-order valence-electron chi connectivity index (χ1n) is 6.82. The molecular weight excluding hydrogens is 276 g/mol. The van der Waals surface area contributed by atoms with E-state index in [1.54, 1.807) is 12.0 Å². The van der Waals surface area contributed by atoms with Crippen LogP contribution in [0.1, 0.15) is 24.8 Å². The van der Waals surface area contributed by atoms with Gasteiger partial charge in [0.05, 0.1) is 13.2 Å². The Labute approximate surface area is 126 Å². The standard InChI is InChI=1S/C15H22N2O2.ClH/c1-17(15(18)14-5-3-4-10-16-14)11-12-6-8-13(19-2)9-7-12;/h6-9,14,16H,3-5,10-11H2,1-2H3;1H/t14-;/m0./s1. The summed E-state index contributed by atoms with van der Waals surface area (Å²) in [5.74, 6) is 1.03. The second-order valence-corrected chi connectivity index (χ2v) is 5.04. The first-order valence-corrected chi connectivity index (χ1v) is 6.82. The zero-order chi connectivity index (χ0) is 13.7. The minimum Gasteiger partial charge on any atom is -0.497 e. The maximum atomic E-state index is 12.3. The summed E-state index contributed by atoms with van der Waals surface area (Å²) in [6.07, 6.45) is 3.26. The molecule has 0 saturated carbocycles. The molecule has 0 aliphatic carbocycles. The summed E-state index contributed by atoms with van der Waals surface area (Å²) in [7, 11) is 3.52. The lowest BCUT2D eigenvalue weighted by atomic mass is 10.0. The summed E-state index contributed by atoms with van der Waals surface area (Å²) < 4.78 is 5.13. The van der Waals surface area contributed by atoms with Crippen molar-refractivity contribution < 1.29 is 9.53 Å². The molecule has 0 radical (unpaired) electrons. The molecule has 20 heavy (non-hydrogen) atoms. The highest BCUT2D eigenvalue weighted by atomic mass is 35.5. The number of carbonyl (C=O) groups is 1. The van der Waals surface area contributed by atoms with E-state index in [9.17, 15) is 4.79 Å². The van der Waals surface area contributed by atoms with Crippen molar-refractivity contribution in [3.05, 3.63) is 29.8 Å². The fourth-order valence-corrected chi connectivity index (χ4v) is 2.41. The normalized spacial score (nSPS) is 18.0. The Kier molecular flexibility index (Phi) is 6.82. The molecule has 0 unspecified atom stereocenters. The molecule has 1 heterocycles. The van der Waals surface area contributed by atoms with Crippen molar-refractivity contribution in [3.63, 3.8) is 0 Å². The Morgan fingerprint density at radius 3 is 2.60 bits per heavy atom. The number of rotatable bonds is 4. The molecule has 1 saturated heterocycles. The maximum absolute atomic E-state index is 12.3. The van der Waals surface area contributed by atoms with Crippen LogP contribution in [0.5, 0.6) is 5.75 Å². The first kappa shape index (κ1) is 16.8. The van der Waals surface area contributed by atoms with Crippen molar-refractivity contribution in [1.82, 2.24) is 10.2 Å². The molecule has 1 amide bonds. The van der Waals surface area contributed by atoms with Crippen molar-refractivity contribution in [2.75, 3.05) is 20.7 Å². The van der Waals surface area contributed by atoms with Crippen molar-refractivity contribution in [1.29, 1.82) is 0 Å². The minimum absolute atomic E-state index is 0. The SMILES string of the molecule is COc1ccc(CN(C)C(=O)[C@@H]2CCCCN2)cc1.Cl. The lowest BCUT2D eigenvalue weighted by Crippen LogP contribution is -2.46. The number of likely N-dealkylation sites (N-methyl/N-ethyl adjacent to an activating group) is 1. The van der Waals surface area contributed by atoms with Gasteiger partial charge in [0, 0.05) is 13.6 Å². The van der Waals surface area contributed by atoms with Crippen LogP contribution in [0.15, 0.2) is 24.3 Å². The molecule has 0 bridgehead atoms. The summed E-state index contributed by atoms with van der Waals surface area (Å²) in [6, 6.07) is 7.84. The van der Waals surface area contributed by atoms with Crippen molar-refractivity contribution in [3.8, 4) is 5.75 Å². The van der Waals surface area contributed by atoms with Gasteiger partial charge in [0.25, 0.3) is 0 Å². The molecule has 1 aliphatic heterocycles. The molecule has 1 aromatic rings. The molecule has 1 N–H and O–H groups in total.